The average molecular weight is 254 g/mol. The number of nitrogens with one attached hydrogen (secondary N) is 1. The lowest BCUT2D eigenvalue weighted by Gasteiger charge is -2.07. The number of carbonyl (C=O) groups excluding carboxylic acids is 2. The summed E-state index contributed by atoms with van der Waals surface area (Å²) in [6.45, 7) is 2.01. The highest BCUT2D eigenvalue weighted by Gasteiger charge is 2.13. The monoisotopic (exact) mass is 254 g/mol. The van der Waals surface area contributed by atoms with E-state index < -0.39 is 24.3 Å². The maximum Gasteiger partial charge on any atom is 0.340 e. The van der Waals surface area contributed by atoms with Gasteiger partial charge < -0.3 is 15.8 Å². The van der Waals surface area contributed by atoms with Gasteiger partial charge in [0.25, 0.3) is 5.91 Å². The van der Waals surface area contributed by atoms with Crippen LogP contribution in [0.2, 0.25) is 0 Å². The van der Waals surface area contributed by atoms with Gasteiger partial charge in [-0.05, 0) is 24.6 Å². The van der Waals surface area contributed by atoms with Crippen LogP contribution in [0.15, 0.2) is 18.2 Å². The van der Waals surface area contributed by atoms with E-state index in [4.69, 9.17) is 10.5 Å². The van der Waals surface area contributed by atoms with E-state index in [1.807, 2.05) is 6.92 Å². The van der Waals surface area contributed by atoms with Crippen molar-refractivity contribution >= 4 is 17.6 Å². The Kier molecular flexibility index (Phi) is 5.10. The van der Waals surface area contributed by atoms with E-state index in [-0.39, 0.29) is 11.3 Å². The van der Waals surface area contributed by atoms with Crippen LogP contribution >= 0.6 is 0 Å². The lowest BCUT2D eigenvalue weighted by atomic mass is 10.2. The number of halogens is 1. The summed E-state index contributed by atoms with van der Waals surface area (Å²) in [5, 5.41) is 2.54. The lowest BCUT2D eigenvalue weighted by Crippen LogP contribution is -2.29. The molecule has 0 saturated heterocycles. The van der Waals surface area contributed by atoms with Gasteiger partial charge in [0.2, 0.25) is 0 Å². The molecule has 0 aliphatic carbocycles. The molecule has 0 unspecified atom stereocenters. The number of hydrogen-bond donors (Lipinski definition) is 2. The number of nitrogens with two attached hydrogens (primary N) is 1. The van der Waals surface area contributed by atoms with Gasteiger partial charge in [0.15, 0.2) is 6.61 Å². The molecular formula is C12H15FN2O3. The molecule has 0 aromatic heterocycles. The molecule has 0 atom stereocenters. The minimum absolute atomic E-state index is 0.0849. The predicted octanol–water partition coefficient (Wildman–Crippen LogP) is 1.09. The SMILES string of the molecule is CCCNC(=O)COC(=O)c1cc(F)ccc1N. The fourth-order valence-electron chi connectivity index (χ4n) is 1.23. The van der Waals surface area contributed by atoms with Crippen LogP contribution in [0.5, 0.6) is 0 Å². The molecule has 0 saturated carbocycles. The zero-order chi connectivity index (χ0) is 13.5. The average Bonchev–Trinajstić information content (AvgIpc) is 2.36. The van der Waals surface area contributed by atoms with Crippen molar-refractivity contribution in [2.45, 2.75) is 13.3 Å². The zero-order valence-corrected chi connectivity index (χ0v) is 10.0. The molecule has 18 heavy (non-hydrogen) atoms. The number of ether oxygens (including phenoxy) is 1. The molecule has 1 amide bonds. The second kappa shape index (κ2) is 6.58. The third kappa shape index (κ3) is 4.04. The van der Waals surface area contributed by atoms with Gasteiger partial charge in [0.05, 0.1) is 5.56 Å². The second-order valence-electron chi connectivity index (χ2n) is 3.66. The van der Waals surface area contributed by atoms with Crippen molar-refractivity contribution in [1.82, 2.24) is 5.32 Å². The van der Waals surface area contributed by atoms with E-state index in [1.54, 1.807) is 0 Å². The molecule has 0 heterocycles. The minimum Gasteiger partial charge on any atom is -0.452 e. The van der Waals surface area contributed by atoms with Crippen LogP contribution in [0, 0.1) is 5.82 Å². The molecule has 0 fully saturated rings. The lowest BCUT2D eigenvalue weighted by molar-refractivity contribution is -0.124. The van der Waals surface area contributed by atoms with E-state index in [1.165, 1.54) is 6.07 Å². The van der Waals surface area contributed by atoms with Gasteiger partial charge in [-0.25, -0.2) is 9.18 Å². The van der Waals surface area contributed by atoms with Crippen molar-refractivity contribution in [3.63, 3.8) is 0 Å². The third-order valence-electron chi connectivity index (χ3n) is 2.14. The number of anilines is 1. The third-order valence-corrected chi connectivity index (χ3v) is 2.14. The van der Waals surface area contributed by atoms with Gasteiger partial charge >= 0.3 is 5.97 Å². The van der Waals surface area contributed by atoms with Crippen LogP contribution in [0.1, 0.15) is 23.7 Å². The number of rotatable bonds is 5. The highest BCUT2D eigenvalue weighted by molar-refractivity contribution is 5.96. The Balaban J connectivity index is 2.55. The first-order valence-electron chi connectivity index (χ1n) is 5.53. The molecule has 3 N–H and O–H groups in total. The topological polar surface area (TPSA) is 81.4 Å². The van der Waals surface area contributed by atoms with E-state index in [0.717, 1.165) is 18.6 Å². The Morgan fingerprint density at radius 2 is 2.17 bits per heavy atom. The smallest absolute Gasteiger partial charge is 0.340 e. The number of amides is 1. The summed E-state index contributed by atoms with van der Waals surface area (Å²) >= 11 is 0. The van der Waals surface area contributed by atoms with Crippen LogP contribution in [-0.2, 0) is 9.53 Å². The molecule has 0 radical (unpaired) electrons. The van der Waals surface area contributed by atoms with Gasteiger partial charge in [-0.1, -0.05) is 6.92 Å². The summed E-state index contributed by atoms with van der Waals surface area (Å²) in [6.07, 6.45) is 0.788. The molecular weight excluding hydrogens is 239 g/mol. The van der Waals surface area contributed by atoms with Gasteiger partial charge in [0.1, 0.15) is 5.82 Å². The summed E-state index contributed by atoms with van der Waals surface area (Å²) in [4.78, 5) is 22.7. The largest absolute Gasteiger partial charge is 0.452 e. The van der Waals surface area contributed by atoms with E-state index in [0.29, 0.717) is 6.54 Å². The fraction of sp³-hybridized carbons (Fsp3) is 0.333. The highest BCUT2D eigenvalue weighted by atomic mass is 19.1. The molecule has 0 aliphatic heterocycles. The van der Waals surface area contributed by atoms with Gasteiger partial charge in [0, 0.05) is 12.2 Å². The Hall–Kier alpha value is -2.11. The first-order valence-corrected chi connectivity index (χ1v) is 5.53. The molecule has 0 spiro atoms. The standard InChI is InChI=1S/C12H15FN2O3/c1-2-5-15-11(16)7-18-12(17)9-6-8(13)3-4-10(9)14/h3-4,6H,2,5,7,14H2,1H3,(H,15,16). The maximum absolute atomic E-state index is 12.9. The molecule has 6 heteroatoms. The first-order chi connectivity index (χ1) is 8.54. The van der Waals surface area contributed by atoms with Crippen LogP contribution in [-0.4, -0.2) is 25.0 Å². The Labute approximate surface area is 104 Å². The predicted molar refractivity (Wildman–Crippen MR) is 64.4 cm³/mol. The van der Waals surface area contributed by atoms with Crippen molar-refractivity contribution in [2.75, 3.05) is 18.9 Å². The van der Waals surface area contributed by atoms with E-state index in [2.05, 4.69) is 5.32 Å². The van der Waals surface area contributed by atoms with Crippen LogP contribution in [0.25, 0.3) is 0 Å². The molecule has 1 aromatic carbocycles. The zero-order valence-electron chi connectivity index (χ0n) is 10.0. The van der Waals surface area contributed by atoms with Crippen molar-refractivity contribution < 1.29 is 18.7 Å². The van der Waals surface area contributed by atoms with Gasteiger partial charge in [-0.3, -0.25) is 4.79 Å². The summed E-state index contributed by atoms with van der Waals surface area (Å²) in [6, 6.07) is 3.38. The Bertz CT molecular complexity index is 449. The number of hydrogen-bond acceptors (Lipinski definition) is 4. The Morgan fingerprint density at radius 3 is 2.83 bits per heavy atom. The van der Waals surface area contributed by atoms with Crippen molar-refractivity contribution in [3.05, 3.63) is 29.6 Å². The normalized spacial score (nSPS) is 9.89. The maximum atomic E-state index is 12.9. The minimum atomic E-state index is -0.821. The van der Waals surface area contributed by atoms with Crippen LogP contribution in [0.4, 0.5) is 10.1 Å². The van der Waals surface area contributed by atoms with Crippen LogP contribution in [0.3, 0.4) is 0 Å². The molecule has 5 nitrogen and oxygen atoms in total. The number of esters is 1. The fourth-order valence-corrected chi connectivity index (χ4v) is 1.23. The number of benzene rings is 1. The quantitative estimate of drug-likeness (QED) is 0.608. The number of nitrogen functional groups attached to an aromatic ring is 1. The van der Waals surface area contributed by atoms with E-state index >= 15 is 0 Å². The van der Waals surface area contributed by atoms with Crippen molar-refractivity contribution in [1.29, 1.82) is 0 Å². The molecule has 0 aliphatic rings. The summed E-state index contributed by atoms with van der Waals surface area (Å²) in [7, 11) is 0. The Morgan fingerprint density at radius 1 is 1.44 bits per heavy atom. The van der Waals surface area contributed by atoms with Gasteiger partial charge in [-0.2, -0.15) is 0 Å². The van der Waals surface area contributed by atoms with Gasteiger partial charge in [-0.15, -0.1) is 0 Å². The first kappa shape index (κ1) is 14.0. The summed E-state index contributed by atoms with van der Waals surface area (Å²) in [5.74, 6) is -1.81. The highest BCUT2D eigenvalue weighted by Crippen LogP contribution is 2.14. The summed E-state index contributed by atoms with van der Waals surface area (Å²) in [5.41, 5.74) is 5.53. The number of carbonyl (C=O) groups is 2. The molecule has 98 valence electrons. The van der Waals surface area contributed by atoms with Crippen molar-refractivity contribution in [3.8, 4) is 0 Å². The molecule has 1 rings (SSSR count). The van der Waals surface area contributed by atoms with Crippen molar-refractivity contribution in [2.24, 2.45) is 0 Å². The summed E-state index contributed by atoms with van der Waals surface area (Å²) < 4.78 is 17.7. The van der Waals surface area contributed by atoms with E-state index in [9.17, 15) is 14.0 Å². The van der Waals surface area contributed by atoms with Crippen LogP contribution < -0.4 is 11.1 Å². The molecule has 0 bridgehead atoms. The molecule has 1 aromatic rings. The second-order valence-corrected chi connectivity index (χ2v) is 3.66.